The Morgan fingerprint density at radius 3 is 1.89 bits per heavy atom. The van der Waals surface area contributed by atoms with Gasteiger partial charge in [0.25, 0.3) is 0 Å². The highest BCUT2D eigenvalue weighted by atomic mass is 16.5. The Kier molecular flexibility index (Phi) is 5.05. The largest absolute Gasteiger partial charge is 0.497 e. The minimum absolute atomic E-state index is 0.832. The standard InChI is InChI=1S/C23H25N3O/c1-17-6-8-18(9-7-17)21-16-22(19-10-12-20(27-2)13-11-19)25-23(24-21)26-14-4-3-5-15-26/h6-13,16H,3-5,14-15H2,1-2H3. The molecule has 4 rings (SSSR count). The maximum atomic E-state index is 5.29. The molecule has 0 amide bonds. The molecular weight excluding hydrogens is 334 g/mol. The molecule has 0 bridgehead atoms. The molecule has 1 aliphatic rings. The first kappa shape index (κ1) is 17.5. The lowest BCUT2D eigenvalue weighted by molar-refractivity contribution is 0.415. The second-order valence-electron chi connectivity index (χ2n) is 7.08. The lowest BCUT2D eigenvalue weighted by Crippen LogP contribution is -2.31. The molecule has 4 nitrogen and oxygen atoms in total. The molecule has 0 unspecified atom stereocenters. The molecular formula is C23H25N3O. The summed E-state index contributed by atoms with van der Waals surface area (Å²) in [6, 6.07) is 18.7. The fourth-order valence-corrected chi connectivity index (χ4v) is 3.45. The van der Waals surface area contributed by atoms with Gasteiger partial charge in [-0.3, -0.25) is 0 Å². The van der Waals surface area contributed by atoms with E-state index in [-0.39, 0.29) is 0 Å². The molecule has 138 valence electrons. The number of hydrogen-bond donors (Lipinski definition) is 0. The molecule has 3 aromatic rings. The van der Waals surface area contributed by atoms with Gasteiger partial charge in [0.05, 0.1) is 18.5 Å². The molecule has 4 heteroatoms. The first-order valence-corrected chi connectivity index (χ1v) is 9.58. The van der Waals surface area contributed by atoms with Crippen molar-refractivity contribution < 1.29 is 4.74 Å². The zero-order valence-electron chi connectivity index (χ0n) is 16.0. The molecule has 0 aliphatic carbocycles. The number of hydrogen-bond acceptors (Lipinski definition) is 4. The summed E-state index contributed by atoms with van der Waals surface area (Å²) >= 11 is 0. The summed E-state index contributed by atoms with van der Waals surface area (Å²) in [6.45, 7) is 4.16. The molecule has 1 aromatic heterocycles. The molecule has 1 saturated heterocycles. The summed E-state index contributed by atoms with van der Waals surface area (Å²) in [5, 5.41) is 0. The van der Waals surface area contributed by atoms with E-state index in [9.17, 15) is 0 Å². The molecule has 1 fully saturated rings. The summed E-state index contributed by atoms with van der Waals surface area (Å²) in [5.41, 5.74) is 5.36. The van der Waals surface area contributed by atoms with E-state index in [1.165, 1.54) is 24.8 Å². The van der Waals surface area contributed by atoms with Crippen LogP contribution in [0.1, 0.15) is 24.8 Å². The summed E-state index contributed by atoms with van der Waals surface area (Å²) < 4.78 is 5.29. The van der Waals surface area contributed by atoms with E-state index in [4.69, 9.17) is 14.7 Å². The van der Waals surface area contributed by atoms with Crippen LogP contribution in [0, 0.1) is 6.92 Å². The van der Waals surface area contributed by atoms with Crippen LogP contribution in [0.15, 0.2) is 54.6 Å². The number of piperidine rings is 1. The lowest BCUT2D eigenvalue weighted by Gasteiger charge is -2.27. The van der Waals surface area contributed by atoms with E-state index in [0.717, 1.165) is 47.3 Å². The third-order valence-electron chi connectivity index (χ3n) is 5.09. The van der Waals surface area contributed by atoms with Crippen molar-refractivity contribution in [3.8, 4) is 28.3 Å². The van der Waals surface area contributed by atoms with Crippen LogP contribution in [0.3, 0.4) is 0 Å². The number of aromatic nitrogens is 2. The minimum atomic E-state index is 0.832. The Balaban J connectivity index is 1.78. The number of nitrogens with zero attached hydrogens (tertiary/aromatic N) is 3. The van der Waals surface area contributed by atoms with E-state index in [1.807, 2.05) is 12.1 Å². The number of methoxy groups -OCH3 is 1. The van der Waals surface area contributed by atoms with Gasteiger partial charge in [-0.05, 0) is 56.5 Å². The van der Waals surface area contributed by atoms with Crippen molar-refractivity contribution in [1.82, 2.24) is 9.97 Å². The first-order chi connectivity index (χ1) is 13.2. The smallest absolute Gasteiger partial charge is 0.226 e. The normalized spacial score (nSPS) is 14.2. The van der Waals surface area contributed by atoms with Crippen LogP contribution in [0.25, 0.3) is 22.5 Å². The summed E-state index contributed by atoms with van der Waals surface area (Å²) in [7, 11) is 1.68. The predicted molar refractivity (Wildman–Crippen MR) is 110 cm³/mol. The van der Waals surface area contributed by atoms with Crippen molar-refractivity contribution in [2.24, 2.45) is 0 Å². The Hall–Kier alpha value is -2.88. The Morgan fingerprint density at radius 1 is 0.778 bits per heavy atom. The minimum Gasteiger partial charge on any atom is -0.497 e. The Bertz CT molecular complexity index is 898. The Labute approximate surface area is 160 Å². The third kappa shape index (κ3) is 3.95. The van der Waals surface area contributed by atoms with Crippen LogP contribution in [0.5, 0.6) is 5.75 Å². The van der Waals surface area contributed by atoms with Gasteiger partial charge in [-0.25, -0.2) is 9.97 Å². The highest BCUT2D eigenvalue weighted by Crippen LogP contribution is 2.28. The zero-order valence-corrected chi connectivity index (χ0v) is 16.0. The average molecular weight is 359 g/mol. The van der Waals surface area contributed by atoms with Crippen molar-refractivity contribution >= 4 is 5.95 Å². The fraction of sp³-hybridized carbons (Fsp3) is 0.304. The van der Waals surface area contributed by atoms with Crippen LogP contribution in [-0.4, -0.2) is 30.2 Å². The monoisotopic (exact) mass is 359 g/mol. The van der Waals surface area contributed by atoms with Crippen molar-refractivity contribution in [2.45, 2.75) is 26.2 Å². The van der Waals surface area contributed by atoms with Gasteiger partial charge in [-0.15, -0.1) is 0 Å². The van der Waals surface area contributed by atoms with Gasteiger partial charge in [0.2, 0.25) is 5.95 Å². The van der Waals surface area contributed by atoms with Crippen LogP contribution in [0.2, 0.25) is 0 Å². The molecule has 0 saturated carbocycles. The van der Waals surface area contributed by atoms with Gasteiger partial charge < -0.3 is 9.64 Å². The maximum Gasteiger partial charge on any atom is 0.226 e. The molecule has 0 N–H and O–H groups in total. The van der Waals surface area contributed by atoms with Gasteiger partial charge in [0.15, 0.2) is 0 Å². The second kappa shape index (κ2) is 7.78. The molecule has 0 radical (unpaired) electrons. The highest BCUT2D eigenvalue weighted by molar-refractivity contribution is 5.70. The first-order valence-electron chi connectivity index (χ1n) is 9.58. The van der Waals surface area contributed by atoms with E-state index in [1.54, 1.807) is 7.11 Å². The fourth-order valence-electron chi connectivity index (χ4n) is 3.45. The number of anilines is 1. The van der Waals surface area contributed by atoms with Crippen LogP contribution < -0.4 is 9.64 Å². The van der Waals surface area contributed by atoms with Crippen molar-refractivity contribution in [1.29, 1.82) is 0 Å². The van der Waals surface area contributed by atoms with E-state index in [0.29, 0.717) is 0 Å². The van der Waals surface area contributed by atoms with Crippen molar-refractivity contribution in [3.05, 3.63) is 60.2 Å². The summed E-state index contributed by atoms with van der Waals surface area (Å²) in [4.78, 5) is 12.1. The third-order valence-corrected chi connectivity index (χ3v) is 5.09. The average Bonchev–Trinajstić information content (AvgIpc) is 2.74. The van der Waals surface area contributed by atoms with E-state index < -0.39 is 0 Å². The number of rotatable bonds is 4. The van der Waals surface area contributed by atoms with E-state index in [2.05, 4.69) is 54.3 Å². The molecule has 0 spiro atoms. The zero-order chi connectivity index (χ0) is 18.6. The number of benzene rings is 2. The van der Waals surface area contributed by atoms with Gasteiger partial charge in [0, 0.05) is 24.2 Å². The van der Waals surface area contributed by atoms with Crippen LogP contribution in [-0.2, 0) is 0 Å². The number of aryl methyl sites for hydroxylation is 1. The van der Waals surface area contributed by atoms with E-state index >= 15 is 0 Å². The summed E-state index contributed by atoms with van der Waals surface area (Å²) in [5.74, 6) is 1.68. The molecule has 0 atom stereocenters. The molecule has 1 aliphatic heterocycles. The van der Waals surface area contributed by atoms with Gasteiger partial charge in [-0.2, -0.15) is 0 Å². The van der Waals surface area contributed by atoms with Gasteiger partial charge in [-0.1, -0.05) is 29.8 Å². The second-order valence-corrected chi connectivity index (χ2v) is 7.08. The maximum absolute atomic E-state index is 5.29. The van der Waals surface area contributed by atoms with Crippen molar-refractivity contribution in [2.75, 3.05) is 25.1 Å². The predicted octanol–water partition coefficient (Wildman–Crippen LogP) is 5.12. The molecule has 2 heterocycles. The van der Waals surface area contributed by atoms with Crippen molar-refractivity contribution in [3.63, 3.8) is 0 Å². The van der Waals surface area contributed by atoms with Crippen LogP contribution >= 0.6 is 0 Å². The quantitative estimate of drug-likeness (QED) is 0.648. The number of ether oxygens (including phenoxy) is 1. The Morgan fingerprint density at radius 2 is 1.33 bits per heavy atom. The topological polar surface area (TPSA) is 38.2 Å². The molecule has 2 aromatic carbocycles. The SMILES string of the molecule is COc1ccc(-c2cc(-c3ccc(C)cc3)nc(N3CCCCC3)n2)cc1. The highest BCUT2D eigenvalue weighted by Gasteiger charge is 2.16. The lowest BCUT2D eigenvalue weighted by atomic mass is 10.1. The van der Waals surface area contributed by atoms with Gasteiger partial charge >= 0.3 is 0 Å². The van der Waals surface area contributed by atoms with Gasteiger partial charge in [0.1, 0.15) is 5.75 Å². The van der Waals surface area contributed by atoms with Crippen LogP contribution in [0.4, 0.5) is 5.95 Å². The summed E-state index contributed by atoms with van der Waals surface area (Å²) in [6.07, 6.45) is 3.70. The molecule has 27 heavy (non-hydrogen) atoms.